The van der Waals surface area contributed by atoms with Crippen LogP contribution >= 0.6 is 0 Å². The van der Waals surface area contributed by atoms with Crippen LogP contribution in [0.15, 0.2) is 24.3 Å². The van der Waals surface area contributed by atoms with Gasteiger partial charge in [-0.05, 0) is 25.0 Å². The minimum atomic E-state index is 0.462. The first-order valence-corrected chi connectivity index (χ1v) is 4.87. The van der Waals surface area contributed by atoms with Gasteiger partial charge in [0.05, 0.1) is 0 Å². The van der Waals surface area contributed by atoms with Gasteiger partial charge in [0, 0.05) is 24.8 Å². The molecule has 0 aliphatic carbocycles. The van der Waals surface area contributed by atoms with E-state index in [1.807, 2.05) is 0 Å². The van der Waals surface area contributed by atoms with Gasteiger partial charge >= 0.3 is 0 Å². The summed E-state index contributed by atoms with van der Waals surface area (Å²) in [5.74, 6) is 0. The molecule has 0 unspecified atom stereocenters. The van der Waals surface area contributed by atoms with E-state index in [1.165, 1.54) is 17.7 Å². The molecule has 2 rings (SSSR count). The number of nitrogens with two attached hydrogens (primary N) is 1. The average molecular weight is 176 g/mol. The maximum Gasteiger partial charge on any atom is 0.0402 e. The SMILES string of the molecule is C[C@@H](CN)N1CCc2ccccc21. The zero-order chi connectivity index (χ0) is 9.26. The van der Waals surface area contributed by atoms with Crippen molar-refractivity contribution in [2.75, 3.05) is 18.0 Å². The van der Waals surface area contributed by atoms with E-state index >= 15 is 0 Å². The van der Waals surface area contributed by atoms with Crippen LogP contribution in [0.1, 0.15) is 12.5 Å². The lowest BCUT2D eigenvalue weighted by Gasteiger charge is -2.25. The zero-order valence-electron chi connectivity index (χ0n) is 8.03. The molecule has 0 radical (unpaired) electrons. The smallest absolute Gasteiger partial charge is 0.0402 e. The first-order valence-electron chi connectivity index (χ1n) is 4.87. The van der Waals surface area contributed by atoms with E-state index in [9.17, 15) is 0 Å². The Balaban J connectivity index is 2.28. The van der Waals surface area contributed by atoms with Crippen LogP contribution in [-0.2, 0) is 6.42 Å². The molecule has 1 aliphatic rings. The summed E-state index contributed by atoms with van der Waals surface area (Å²) in [6.45, 7) is 4.04. The van der Waals surface area contributed by atoms with Crippen molar-refractivity contribution in [3.63, 3.8) is 0 Å². The van der Waals surface area contributed by atoms with Gasteiger partial charge in [0.2, 0.25) is 0 Å². The number of benzene rings is 1. The maximum atomic E-state index is 5.67. The fraction of sp³-hybridized carbons (Fsp3) is 0.455. The van der Waals surface area contributed by atoms with Gasteiger partial charge < -0.3 is 10.6 Å². The van der Waals surface area contributed by atoms with Crippen LogP contribution in [0.4, 0.5) is 5.69 Å². The zero-order valence-corrected chi connectivity index (χ0v) is 8.03. The Hall–Kier alpha value is -1.02. The van der Waals surface area contributed by atoms with Gasteiger partial charge in [-0.3, -0.25) is 0 Å². The van der Waals surface area contributed by atoms with Crippen LogP contribution < -0.4 is 10.6 Å². The third kappa shape index (κ3) is 1.42. The van der Waals surface area contributed by atoms with Crippen LogP contribution in [0.2, 0.25) is 0 Å². The molecule has 2 N–H and O–H groups in total. The Morgan fingerprint density at radius 2 is 2.23 bits per heavy atom. The highest BCUT2D eigenvalue weighted by molar-refractivity contribution is 5.58. The minimum absolute atomic E-state index is 0.462. The van der Waals surface area contributed by atoms with E-state index in [2.05, 4.69) is 36.1 Å². The van der Waals surface area contributed by atoms with Gasteiger partial charge in [-0.1, -0.05) is 18.2 Å². The van der Waals surface area contributed by atoms with Crippen molar-refractivity contribution < 1.29 is 0 Å². The van der Waals surface area contributed by atoms with Gasteiger partial charge in [-0.2, -0.15) is 0 Å². The largest absolute Gasteiger partial charge is 0.367 e. The molecule has 2 heteroatoms. The molecule has 0 saturated heterocycles. The number of anilines is 1. The van der Waals surface area contributed by atoms with Crippen molar-refractivity contribution >= 4 is 5.69 Å². The van der Waals surface area contributed by atoms with Crippen molar-refractivity contribution in [1.82, 2.24) is 0 Å². The fourth-order valence-electron chi connectivity index (χ4n) is 1.95. The second-order valence-electron chi connectivity index (χ2n) is 3.66. The topological polar surface area (TPSA) is 29.3 Å². The highest BCUT2D eigenvalue weighted by atomic mass is 15.2. The standard InChI is InChI=1S/C11H16N2/c1-9(8-12)13-7-6-10-4-2-3-5-11(10)13/h2-5,9H,6-8,12H2,1H3/t9-/m0/s1. The fourth-order valence-corrected chi connectivity index (χ4v) is 1.95. The van der Waals surface area contributed by atoms with Crippen LogP contribution in [0.5, 0.6) is 0 Å². The van der Waals surface area contributed by atoms with E-state index in [0.29, 0.717) is 6.04 Å². The molecule has 0 bridgehead atoms. The number of fused-ring (bicyclic) bond motifs is 1. The number of hydrogen-bond donors (Lipinski definition) is 1. The summed E-state index contributed by atoms with van der Waals surface area (Å²) in [7, 11) is 0. The van der Waals surface area contributed by atoms with Gasteiger partial charge in [-0.25, -0.2) is 0 Å². The molecule has 0 amide bonds. The maximum absolute atomic E-state index is 5.67. The van der Waals surface area contributed by atoms with Gasteiger partial charge in [-0.15, -0.1) is 0 Å². The molecular formula is C11H16N2. The summed E-state index contributed by atoms with van der Waals surface area (Å²) < 4.78 is 0. The summed E-state index contributed by atoms with van der Waals surface area (Å²) in [6.07, 6.45) is 1.17. The van der Waals surface area contributed by atoms with E-state index in [1.54, 1.807) is 0 Å². The summed E-state index contributed by atoms with van der Waals surface area (Å²) in [5, 5.41) is 0. The molecule has 0 saturated carbocycles. The summed E-state index contributed by atoms with van der Waals surface area (Å²) in [4.78, 5) is 2.40. The first kappa shape index (κ1) is 8.57. The third-order valence-corrected chi connectivity index (χ3v) is 2.80. The lowest BCUT2D eigenvalue weighted by molar-refractivity contribution is 0.663. The van der Waals surface area contributed by atoms with Crippen LogP contribution in [0.25, 0.3) is 0 Å². The number of rotatable bonds is 2. The van der Waals surface area contributed by atoms with E-state index in [4.69, 9.17) is 5.73 Å². The van der Waals surface area contributed by atoms with Gasteiger partial charge in [0.15, 0.2) is 0 Å². The second kappa shape index (κ2) is 3.38. The number of nitrogens with zero attached hydrogens (tertiary/aromatic N) is 1. The highest BCUT2D eigenvalue weighted by Gasteiger charge is 2.21. The molecule has 0 fully saturated rings. The Morgan fingerprint density at radius 1 is 1.46 bits per heavy atom. The molecule has 1 aliphatic heterocycles. The molecule has 1 atom stereocenters. The Labute approximate surface area is 79.4 Å². The van der Waals surface area contributed by atoms with Gasteiger partial charge in [0.1, 0.15) is 0 Å². The van der Waals surface area contributed by atoms with Crippen molar-refractivity contribution in [2.45, 2.75) is 19.4 Å². The molecule has 13 heavy (non-hydrogen) atoms. The first-order chi connectivity index (χ1) is 6.33. The molecule has 70 valence electrons. The Morgan fingerprint density at radius 3 is 3.00 bits per heavy atom. The quantitative estimate of drug-likeness (QED) is 0.738. The second-order valence-corrected chi connectivity index (χ2v) is 3.66. The Bertz CT molecular complexity index is 296. The van der Waals surface area contributed by atoms with E-state index in [0.717, 1.165) is 13.1 Å². The average Bonchev–Trinajstić information content (AvgIpc) is 2.60. The number of para-hydroxylation sites is 1. The van der Waals surface area contributed by atoms with Gasteiger partial charge in [0.25, 0.3) is 0 Å². The predicted octanol–water partition coefficient (Wildman–Crippen LogP) is 1.40. The summed E-state index contributed by atoms with van der Waals surface area (Å²) in [6, 6.07) is 9.06. The Kier molecular flexibility index (Phi) is 2.23. The third-order valence-electron chi connectivity index (χ3n) is 2.80. The van der Waals surface area contributed by atoms with Crippen molar-refractivity contribution in [2.24, 2.45) is 5.73 Å². The van der Waals surface area contributed by atoms with Crippen molar-refractivity contribution in [3.05, 3.63) is 29.8 Å². The van der Waals surface area contributed by atoms with Crippen LogP contribution in [0, 0.1) is 0 Å². The monoisotopic (exact) mass is 176 g/mol. The molecular weight excluding hydrogens is 160 g/mol. The highest BCUT2D eigenvalue weighted by Crippen LogP contribution is 2.28. The lowest BCUT2D eigenvalue weighted by atomic mass is 10.2. The van der Waals surface area contributed by atoms with Crippen LogP contribution in [0.3, 0.4) is 0 Å². The molecule has 2 nitrogen and oxygen atoms in total. The summed E-state index contributed by atoms with van der Waals surface area (Å²) >= 11 is 0. The lowest BCUT2D eigenvalue weighted by Crippen LogP contribution is -2.37. The van der Waals surface area contributed by atoms with Crippen molar-refractivity contribution in [3.8, 4) is 0 Å². The molecule has 0 aromatic heterocycles. The minimum Gasteiger partial charge on any atom is -0.367 e. The molecule has 1 aromatic carbocycles. The predicted molar refractivity (Wildman–Crippen MR) is 56.0 cm³/mol. The normalized spacial score (nSPS) is 17.2. The number of hydrogen-bond acceptors (Lipinski definition) is 2. The molecule has 1 heterocycles. The van der Waals surface area contributed by atoms with E-state index in [-0.39, 0.29) is 0 Å². The molecule has 0 spiro atoms. The van der Waals surface area contributed by atoms with Crippen molar-refractivity contribution in [1.29, 1.82) is 0 Å². The van der Waals surface area contributed by atoms with E-state index < -0.39 is 0 Å². The summed E-state index contributed by atoms with van der Waals surface area (Å²) in [5.41, 5.74) is 8.50. The van der Waals surface area contributed by atoms with Crippen LogP contribution in [-0.4, -0.2) is 19.1 Å². The molecule has 1 aromatic rings.